The van der Waals surface area contributed by atoms with Gasteiger partial charge in [0.1, 0.15) is 0 Å². The first kappa shape index (κ1) is 14.8. The molecular weight excluding hydrogens is 286 g/mol. The van der Waals surface area contributed by atoms with Crippen LogP contribution >= 0.6 is 11.3 Å². The number of carbonyl (C=O) groups excluding carboxylic acids is 1. The molecule has 0 unspecified atom stereocenters. The monoisotopic (exact) mass is 309 g/mol. The molecule has 2 aliphatic heterocycles. The molecule has 6 heteroatoms. The van der Waals surface area contributed by atoms with Crippen molar-refractivity contribution in [2.24, 2.45) is 0 Å². The van der Waals surface area contributed by atoms with Gasteiger partial charge in [-0.1, -0.05) is 20.8 Å². The molecule has 0 radical (unpaired) electrons. The molecule has 3 heterocycles. The summed E-state index contributed by atoms with van der Waals surface area (Å²) in [7, 11) is 0. The second kappa shape index (κ2) is 5.57. The molecule has 0 atom stereocenters. The fraction of sp³-hybridized carbons (Fsp3) is 0.733. The lowest BCUT2D eigenvalue weighted by Crippen LogP contribution is -2.49. The predicted octanol–water partition coefficient (Wildman–Crippen LogP) is 2.25. The van der Waals surface area contributed by atoms with Gasteiger partial charge in [0.05, 0.1) is 30.5 Å². The van der Waals surface area contributed by atoms with Gasteiger partial charge in [-0.05, 0) is 0 Å². The second-order valence-electron chi connectivity index (χ2n) is 6.69. The van der Waals surface area contributed by atoms with Crippen LogP contribution in [0.3, 0.4) is 0 Å². The molecule has 0 aliphatic carbocycles. The molecule has 116 valence electrons. The zero-order chi connectivity index (χ0) is 15.0. The first-order valence-corrected chi connectivity index (χ1v) is 8.37. The number of morpholine rings is 1. The van der Waals surface area contributed by atoms with E-state index in [9.17, 15) is 4.79 Å². The van der Waals surface area contributed by atoms with Crippen LogP contribution in [0.15, 0.2) is 0 Å². The molecule has 0 spiro atoms. The maximum Gasteiger partial charge on any atom is 0.320 e. The van der Waals surface area contributed by atoms with Gasteiger partial charge >= 0.3 is 6.03 Å². The van der Waals surface area contributed by atoms with Gasteiger partial charge in [0.25, 0.3) is 0 Å². The number of rotatable bonds is 0. The van der Waals surface area contributed by atoms with Gasteiger partial charge in [0.2, 0.25) is 0 Å². The number of carbonyl (C=O) groups is 1. The highest BCUT2D eigenvalue weighted by Crippen LogP contribution is 2.32. The minimum Gasteiger partial charge on any atom is -0.378 e. The molecule has 1 fully saturated rings. The van der Waals surface area contributed by atoms with Crippen LogP contribution in [0.4, 0.5) is 4.79 Å². The number of hydrogen-bond donors (Lipinski definition) is 0. The van der Waals surface area contributed by atoms with Gasteiger partial charge in [-0.15, -0.1) is 11.3 Å². The molecule has 3 rings (SSSR count). The van der Waals surface area contributed by atoms with E-state index in [0.717, 1.165) is 13.0 Å². The van der Waals surface area contributed by atoms with Gasteiger partial charge < -0.3 is 14.5 Å². The molecule has 0 saturated carbocycles. The number of nitrogens with zero attached hydrogens (tertiary/aromatic N) is 3. The molecule has 1 aromatic rings. The topological polar surface area (TPSA) is 45.7 Å². The Balaban J connectivity index is 1.72. The van der Waals surface area contributed by atoms with E-state index in [4.69, 9.17) is 9.72 Å². The second-order valence-corrected chi connectivity index (χ2v) is 7.78. The Morgan fingerprint density at radius 1 is 1.19 bits per heavy atom. The largest absolute Gasteiger partial charge is 0.378 e. The van der Waals surface area contributed by atoms with Crippen LogP contribution in [0.1, 0.15) is 36.3 Å². The number of aromatic nitrogens is 1. The van der Waals surface area contributed by atoms with Gasteiger partial charge in [-0.3, -0.25) is 0 Å². The van der Waals surface area contributed by atoms with E-state index in [1.807, 2.05) is 9.80 Å². The summed E-state index contributed by atoms with van der Waals surface area (Å²) in [6, 6.07) is 0.148. The average molecular weight is 309 g/mol. The lowest BCUT2D eigenvalue weighted by Gasteiger charge is -2.34. The summed E-state index contributed by atoms with van der Waals surface area (Å²) in [5.41, 5.74) is 1.28. The number of hydrogen-bond acceptors (Lipinski definition) is 4. The fourth-order valence-corrected chi connectivity index (χ4v) is 3.82. The Morgan fingerprint density at radius 3 is 2.57 bits per heavy atom. The normalized spacial score (nSPS) is 19.6. The summed E-state index contributed by atoms with van der Waals surface area (Å²) in [4.78, 5) is 22.4. The Kier molecular flexibility index (Phi) is 3.92. The van der Waals surface area contributed by atoms with Gasteiger partial charge in [-0.25, -0.2) is 9.78 Å². The van der Waals surface area contributed by atoms with Crippen LogP contribution in [0.2, 0.25) is 0 Å². The number of fused-ring (bicyclic) bond motifs is 1. The van der Waals surface area contributed by atoms with Gasteiger partial charge in [0.15, 0.2) is 0 Å². The zero-order valence-electron chi connectivity index (χ0n) is 13.0. The van der Waals surface area contributed by atoms with Crippen molar-refractivity contribution >= 4 is 17.4 Å². The summed E-state index contributed by atoms with van der Waals surface area (Å²) in [5.74, 6) is 0. The van der Waals surface area contributed by atoms with Crippen molar-refractivity contribution in [3.05, 3.63) is 15.6 Å². The number of thiazole rings is 1. The Labute approximate surface area is 129 Å². The highest BCUT2D eigenvalue weighted by atomic mass is 32.1. The van der Waals surface area contributed by atoms with Crippen LogP contribution in [-0.2, 0) is 23.1 Å². The van der Waals surface area contributed by atoms with Crippen LogP contribution in [0.5, 0.6) is 0 Å². The van der Waals surface area contributed by atoms with Gasteiger partial charge in [0, 0.05) is 36.3 Å². The standard InChI is InChI=1S/C15H23N3O2S/c1-15(2,3)13-16-11-4-5-18(10-12(11)21-13)14(19)17-6-8-20-9-7-17/h4-10H2,1-3H3. The van der Waals surface area contributed by atoms with E-state index in [1.165, 1.54) is 15.6 Å². The van der Waals surface area contributed by atoms with Crippen molar-refractivity contribution in [2.75, 3.05) is 32.8 Å². The molecule has 0 bridgehead atoms. The summed E-state index contributed by atoms with van der Waals surface area (Å²) >= 11 is 1.76. The summed E-state index contributed by atoms with van der Waals surface area (Å²) in [6.45, 7) is 10.8. The lowest BCUT2D eigenvalue weighted by molar-refractivity contribution is 0.0422. The van der Waals surface area contributed by atoms with Crippen molar-refractivity contribution < 1.29 is 9.53 Å². The van der Waals surface area contributed by atoms with Crippen LogP contribution in [0, 0.1) is 0 Å². The number of ether oxygens (including phenoxy) is 1. The van der Waals surface area contributed by atoms with Crippen molar-refractivity contribution in [1.29, 1.82) is 0 Å². The zero-order valence-corrected chi connectivity index (χ0v) is 13.8. The Bertz CT molecular complexity index is 530. The van der Waals surface area contributed by atoms with E-state index in [2.05, 4.69) is 20.8 Å². The molecule has 1 saturated heterocycles. The smallest absolute Gasteiger partial charge is 0.320 e. The number of amides is 2. The minimum atomic E-state index is 0.0844. The predicted molar refractivity (Wildman–Crippen MR) is 82.7 cm³/mol. The fourth-order valence-electron chi connectivity index (χ4n) is 2.63. The van der Waals surface area contributed by atoms with Crippen molar-refractivity contribution in [2.45, 2.75) is 39.2 Å². The van der Waals surface area contributed by atoms with Crippen molar-refractivity contribution in [3.63, 3.8) is 0 Å². The summed E-state index contributed by atoms with van der Waals surface area (Å²) in [6.07, 6.45) is 0.873. The quantitative estimate of drug-likeness (QED) is 0.738. The minimum absolute atomic E-state index is 0.0844. The SMILES string of the molecule is CC(C)(C)c1nc2c(s1)CN(C(=O)N1CCOCC1)CC2. The van der Waals surface area contributed by atoms with Crippen LogP contribution < -0.4 is 0 Å². The summed E-state index contributed by atoms with van der Waals surface area (Å²) < 4.78 is 5.31. The van der Waals surface area contributed by atoms with E-state index in [0.29, 0.717) is 32.8 Å². The van der Waals surface area contributed by atoms with E-state index in [-0.39, 0.29) is 11.4 Å². The maximum absolute atomic E-state index is 12.5. The highest BCUT2D eigenvalue weighted by Gasteiger charge is 2.29. The molecule has 2 aliphatic rings. The molecule has 0 N–H and O–H groups in total. The third kappa shape index (κ3) is 3.06. The van der Waals surface area contributed by atoms with Crippen molar-refractivity contribution in [3.8, 4) is 0 Å². The highest BCUT2D eigenvalue weighted by molar-refractivity contribution is 7.11. The molecule has 21 heavy (non-hydrogen) atoms. The van der Waals surface area contributed by atoms with E-state index in [1.54, 1.807) is 11.3 Å². The molecule has 1 aromatic heterocycles. The third-order valence-corrected chi connectivity index (χ3v) is 5.43. The maximum atomic E-state index is 12.5. The van der Waals surface area contributed by atoms with Crippen LogP contribution in [0.25, 0.3) is 0 Å². The molecule has 2 amide bonds. The first-order valence-electron chi connectivity index (χ1n) is 7.56. The summed E-state index contributed by atoms with van der Waals surface area (Å²) in [5, 5.41) is 1.17. The molecule has 5 nitrogen and oxygen atoms in total. The third-order valence-electron chi connectivity index (χ3n) is 3.92. The van der Waals surface area contributed by atoms with Crippen molar-refractivity contribution in [1.82, 2.24) is 14.8 Å². The van der Waals surface area contributed by atoms with Crippen LogP contribution in [-0.4, -0.2) is 53.7 Å². The Hall–Kier alpha value is -1.14. The van der Waals surface area contributed by atoms with E-state index < -0.39 is 0 Å². The van der Waals surface area contributed by atoms with Gasteiger partial charge in [-0.2, -0.15) is 0 Å². The Morgan fingerprint density at radius 2 is 1.90 bits per heavy atom. The molecule has 0 aromatic carbocycles. The number of urea groups is 1. The lowest BCUT2D eigenvalue weighted by atomic mass is 9.98. The molecular formula is C15H23N3O2S. The average Bonchev–Trinajstić information content (AvgIpc) is 2.90. The van der Waals surface area contributed by atoms with E-state index >= 15 is 0 Å². The first-order chi connectivity index (χ1) is 9.95.